The fourth-order valence-corrected chi connectivity index (χ4v) is 9.72. The highest BCUT2D eigenvalue weighted by atomic mass is 15.0. The number of hydrogen-bond acceptors (Lipinski definition) is 3. The van der Waals surface area contributed by atoms with Gasteiger partial charge < -0.3 is 9.13 Å². The summed E-state index contributed by atoms with van der Waals surface area (Å²) in [6.07, 6.45) is 0. The summed E-state index contributed by atoms with van der Waals surface area (Å²) in [5.41, 5.74) is 9.52. The Morgan fingerprint density at radius 3 is 1.63 bits per heavy atom. The molecule has 288 valence electrons. The standard InChI is InChI=1S/C57H35N5/c1-2-19-41(20-3-1)61-50-28-10-8-21-44(50)46-25-13-27-48(54(46)61)57-59-55(40-32-31-36-15-4-5-16-37(36)33-40)58-56(60-57)47-26-12-24-43-42(47)23-14-30-52(43)62-51-29-11-9-22-45(51)49-34-38-17-6-7-18-39(38)35-53(49)62/h1-35H. The van der Waals surface area contributed by atoms with Gasteiger partial charge in [-0.15, -0.1) is 0 Å². The van der Waals surface area contributed by atoms with Crippen molar-refractivity contribution < 1.29 is 0 Å². The largest absolute Gasteiger partial charge is 0.309 e. The van der Waals surface area contributed by atoms with Gasteiger partial charge in [-0.1, -0.05) is 158 Å². The first-order valence-electron chi connectivity index (χ1n) is 21.0. The smallest absolute Gasteiger partial charge is 0.166 e. The van der Waals surface area contributed by atoms with Gasteiger partial charge in [0.05, 0.1) is 27.8 Å². The van der Waals surface area contributed by atoms with Crippen molar-refractivity contribution in [2.75, 3.05) is 0 Å². The molecule has 0 aliphatic rings. The Labute approximate surface area is 356 Å². The van der Waals surface area contributed by atoms with Crippen molar-refractivity contribution in [3.63, 3.8) is 0 Å². The van der Waals surface area contributed by atoms with Gasteiger partial charge >= 0.3 is 0 Å². The number of para-hydroxylation sites is 4. The lowest BCUT2D eigenvalue weighted by molar-refractivity contribution is 1.07. The maximum Gasteiger partial charge on any atom is 0.166 e. The molecule has 0 aliphatic carbocycles. The van der Waals surface area contributed by atoms with E-state index >= 15 is 0 Å². The number of hydrogen-bond donors (Lipinski definition) is 0. The first-order chi connectivity index (χ1) is 30.7. The molecule has 0 N–H and O–H groups in total. The van der Waals surface area contributed by atoms with Gasteiger partial charge in [0, 0.05) is 49.3 Å². The molecule has 13 rings (SSSR count). The summed E-state index contributed by atoms with van der Waals surface area (Å²) >= 11 is 0. The monoisotopic (exact) mass is 789 g/mol. The van der Waals surface area contributed by atoms with E-state index in [4.69, 9.17) is 15.0 Å². The van der Waals surface area contributed by atoms with Crippen LogP contribution in [0.15, 0.2) is 212 Å². The lowest BCUT2D eigenvalue weighted by Gasteiger charge is -2.15. The fraction of sp³-hybridized carbons (Fsp3) is 0. The first-order valence-corrected chi connectivity index (χ1v) is 21.0. The number of rotatable bonds is 5. The molecule has 0 aliphatic heterocycles. The molecule has 5 heteroatoms. The summed E-state index contributed by atoms with van der Waals surface area (Å²) in [7, 11) is 0. The molecule has 0 spiro atoms. The van der Waals surface area contributed by atoms with E-state index in [0.29, 0.717) is 17.5 Å². The second kappa shape index (κ2) is 13.6. The third-order valence-electron chi connectivity index (χ3n) is 12.5. The average Bonchev–Trinajstić information content (AvgIpc) is 3.85. The molecule has 0 saturated carbocycles. The van der Waals surface area contributed by atoms with Gasteiger partial charge in [-0.25, -0.2) is 15.0 Å². The Hall–Kier alpha value is -8.41. The van der Waals surface area contributed by atoms with Gasteiger partial charge in [-0.3, -0.25) is 0 Å². The third-order valence-corrected chi connectivity index (χ3v) is 12.5. The van der Waals surface area contributed by atoms with Crippen LogP contribution in [0.2, 0.25) is 0 Å². The summed E-state index contributed by atoms with van der Waals surface area (Å²) in [6.45, 7) is 0. The summed E-state index contributed by atoms with van der Waals surface area (Å²) in [5.74, 6) is 1.86. The highest BCUT2D eigenvalue weighted by Gasteiger charge is 2.22. The molecule has 0 bridgehead atoms. The first kappa shape index (κ1) is 34.5. The van der Waals surface area contributed by atoms with E-state index in [9.17, 15) is 0 Å². The third kappa shape index (κ3) is 5.25. The van der Waals surface area contributed by atoms with E-state index < -0.39 is 0 Å². The molecule has 3 heterocycles. The molecule has 10 aromatic carbocycles. The Morgan fingerprint density at radius 1 is 0.290 bits per heavy atom. The minimum absolute atomic E-state index is 0.617. The summed E-state index contributed by atoms with van der Waals surface area (Å²) in [6, 6.07) is 75.7. The molecule has 0 amide bonds. The van der Waals surface area contributed by atoms with Crippen molar-refractivity contribution in [1.29, 1.82) is 0 Å². The minimum atomic E-state index is 0.617. The minimum Gasteiger partial charge on any atom is -0.309 e. The second-order valence-corrected chi connectivity index (χ2v) is 16.0. The van der Waals surface area contributed by atoms with Crippen LogP contribution in [0.1, 0.15) is 0 Å². The number of benzene rings is 10. The summed E-state index contributed by atoms with van der Waals surface area (Å²) in [4.78, 5) is 16.2. The zero-order valence-corrected chi connectivity index (χ0v) is 33.4. The van der Waals surface area contributed by atoms with Crippen LogP contribution >= 0.6 is 0 Å². The van der Waals surface area contributed by atoms with Gasteiger partial charge in [-0.2, -0.15) is 0 Å². The number of fused-ring (bicyclic) bond motifs is 9. The summed E-state index contributed by atoms with van der Waals surface area (Å²) < 4.78 is 4.77. The highest BCUT2D eigenvalue weighted by molar-refractivity contribution is 6.16. The molecular weight excluding hydrogens is 755 g/mol. The molecule has 3 aromatic heterocycles. The topological polar surface area (TPSA) is 48.5 Å². The Morgan fingerprint density at radius 2 is 0.839 bits per heavy atom. The fourth-order valence-electron chi connectivity index (χ4n) is 9.72. The van der Waals surface area contributed by atoms with Crippen molar-refractivity contribution in [2.24, 2.45) is 0 Å². The van der Waals surface area contributed by atoms with E-state index in [-0.39, 0.29) is 0 Å². The van der Waals surface area contributed by atoms with Crippen LogP contribution in [0.3, 0.4) is 0 Å². The predicted octanol–water partition coefficient (Wildman–Crippen LogP) is 14.5. The van der Waals surface area contributed by atoms with Crippen molar-refractivity contribution in [2.45, 2.75) is 0 Å². The van der Waals surface area contributed by atoms with E-state index in [2.05, 4.69) is 221 Å². The molecule has 0 atom stereocenters. The van der Waals surface area contributed by atoms with Crippen molar-refractivity contribution in [3.05, 3.63) is 212 Å². The number of aromatic nitrogens is 5. The van der Waals surface area contributed by atoms with Crippen LogP contribution in [0.5, 0.6) is 0 Å². The SMILES string of the molecule is c1ccc(-n2c3ccccc3c3cccc(-c4nc(-c5ccc6ccccc6c5)nc(-c5cccc6c(-n7c8ccccc8c8cc9ccccc9cc87)cccc56)n4)c32)cc1. The molecule has 0 radical (unpaired) electrons. The summed E-state index contributed by atoms with van der Waals surface area (Å²) in [5, 5.41) is 11.7. The molecular formula is C57H35N5. The van der Waals surface area contributed by atoms with Gasteiger partial charge in [0.2, 0.25) is 0 Å². The maximum absolute atomic E-state index is 5.45. The van der Waals surface area contributed by atoms with Gasteiger partial charge in [0.15, 0.2) is 17.5 Å². The zero-order valence-electron chi connectivity index (χ0n) is 33.4. The van der Waals surface area contributed by atoms with Crippen molar-refractivity contribution >= 4 is 75.9 Å². The van der Waals surface area contributed by atoms with Crippen LogP contribution in [-0.2, 0) is 0 Å². The van der Waals surface area contributed by atoms with E-state index in [1.165, 1.54) is 43.4 Å². The molecule has 5 nitrogen and oxygen atoms in total. The van der Waals surface area contributed by atoms with E-state index in [1.807, 2.05) is 0 Å². The van der Waals surface area contributed by atoms with Crippen LogP contribution in [-0.4, -0.2) is 24.1 Å². The van der Waals surface area contributed by atoms with Crippen LogP contribution < -0.4 is 0 Å². The highest BCUT2D eigenvalue weighted by Crippen LogP contribution is 2.41. The Kier molecular flexibility index (Phi) is 7.54. The Bertz CT molecular complexity index is 3930. The molecule has 13 aromatic rings. The Balaban J connectivity index is 1.08. The van der Waals surface area contributed by atoms with E-state index in [1.54, 1.807) is 0 Å². The number of nitrogens with zero attached hydrogens (tertiary/aromatic N) is 5. The molecule has 62 heavy (non-hydrogen) atoms. The second-order valence-electron chi connectivity index (χ2n) is 16.0. The normalized spacial score (nSPS) is 11.9. The van der Waals surface area contributed by atoms with Gasteiger partial charge in [-0.05, 0) is 81.5 Å². The van der Waals surface area contributed by atoms with Crippen molar-refractivity contribution in [3.8, 4) is 45.5 Å². The quantitative estimate of drug-likeness (QED) is 0.174. The van der Waals surface area contributed by atoms with Gasteiger partial charge in [0.1, 0.15) is 0 Å². The van der Waals surface area contributed by atoms with Gasteiger partial charge in [0.25, 0.3) is 0 Å². The zero-order chi connectivity index (χ0) is 40.7. The predicted molar refractivity (Wildman–Crippen MR) is 257 cm³/mol. The van der Waals surface area contributed by atoms with Crippen molar-refractivity contribution in [1.82, 2.24) is 24.1 Å². The lowest BCUT2D eigenvalue weighted by atomic mass is 10.0. The molecule has 0 unspecified atom stereocenters. The molecule has 0 fully saturated rings. The van der Waals surface area contributed by atoms with Crippen LogP contribution in [0.4, 0.5) is 0 Å². The lowest BCUT2D eigenvalue weighted by Crippen LogP contribution is -2.03. The average molecular weight is 790 g/mol. The van der Waals surface area contributed by atoms with E-state index in [0.717, 1.165) is 60.6 Å². The molecule has 0 saturated heterocycles. The maximum atomic E-state index is 5.45. The van der Waals surface area contributed by atoms with Crippen LogP contribution in [0, 0.1) is 0 Å². The van der Waals surface area contributed by atoms with Crippen LogP contribution in [0.25, 0.3) is 121 Å².